The smallest absolute Gasteiger partial charge is 0.242 e. The molecule has 0 aromatic heterocycles. The number of benzene rings is 1. The summed E-state index contributed by atoms with van der Waals surface area (Å²) in [6, 6.07) is 8.37. The number of carbonyl (C=O) groups excluding carboxylic acids is 1. The summed E-state index contributed by atoms with van der Waals surface area (Å²) in [5.74, 6) is 0.955. The van der Waals surface area contributed by atoms with Crippen molar-refractivity contribution < 1.29 is 13.2 Å². The Morgan fingerprint density at radius 3 is 2.60 bits per heavy atom. The van der Waals surface area contributed by atoms with Crippen LogP contribution >= 0.6 is 11.8 Å². The minimum absolute atomic E-state index is 0.00229. The van der Waals surface area contributed by atoms with E-state index in [0.717, 1.165) is 11.0 Å². The first-order valence-electron chi connectivity index (χ1n) is 8.90. The summed E-state index contributed by atoms with van der Waals surface area (Å²) in [5, 5.41) is 3.70. The average Bonchev–Trinajstić information content (AvgIpc) is 3.13. The van der Waals surface area contributed by atoms with Gasteiger partial charge in [0, 0.05) is 37.6 Å². The topological polar surface area (TPSA) is 66.5 Å². The molecule has 0 heterocycles. The molecule has 0 bridgehead atoms. The van der Waals surface area contributed by atoms with Gasteiger partial charge in [-0.3, -0.25) is 4.79 Å². The third-order valence-electron chi connectivity index (χ3n) is 4.41. The molecule has 0 atom stereocenters. The van der Waals surface area contributed by atoms with E-state index in [1.807, 2.05) is 11.8 Å². The van der Waals surface area contributed by atoms with E-state index in [2.05, 4.69) is 5.32 Å². The van der Waals surface area contributed by atoms with Crippen LogP contribution in [0.5, 0.6) is 0 Å². The summed E-state index contributed by atoms with van der Waals surface area (Å²) < 4.78 is 26.0. The van der Waals surface area contributed by atoms with E-state index in [-0.39, 0.29) is 10.8 Å². The number of hydrogen-bond acceptors (Lipinski definition) is 4. The molecule has 1 aliphatic rings. The van der Waals surface area contributed by atoms with Crippen molar-refractivity contribution in [2.75, 3.05) is 25.9 Å². The molecule has 2 rings (SSSR count). The highest BCUT2D eigenvalue weighted by Crippen LogP contribution is 2.28. The average molecular weight is 385 g/mol. The normalized spacial score (nSPS) is 15.6. The Morgan fingerprint density at radius 1 is 1.24 bits per heavy atom. The lowest BCUT2D eigenvalue weighted by Gasteiger charge is -2.17. The zero-order chi connectivity index (χ0) is 18.1. The predicted molar refractivity (Wildman–Crippen MR) is 103 cm³/mol. The van der Waals surface area contributed by atoms with Crippen LogP contribution in [0.25, 0.3) is 0 Å². The molecular weight excluding hydrogens is 356 g/mol. The van der Waals surface area contributed by atoms with Crippen LogP contribution in [0.3, 0.4) is 0 Å². The Morgan fingerprint density at radius 2 is 1.92 bits per heavy atom. The molecule has 0 aliphatic heterocycles. The van der Waals surface area contributed by atoms with Crippen molar-refractivity contribution in [1.29, 1.82) is 0 Å². The second-order valence-electron chi connectivity index (χ2n) is 6.37. The molecule has 140 valence electrons. The standard InChI is InChI=1S/C18H28N2O3S2/c1-20(25(22,23)17-10-3-2-4-11-17)14-7-12-18(21)19-13-15-24-16-8-5-6-9-16/h2-4,10-11,16H,5-9,12-15H2,1H3,(H,19,21). The third-order valence-corrected chi connectivity index (χ3v) is 7.66. The molecule has 1 aliphatic carbocycles. The molecular formula is C18H28N2O3S2. The largest absolute Gasteiger partial charge is 0.355 e. The zero-order valence-corrected chi connectivity index (χ0v) is 16.4. The molecule has 1 saturated carbocycles. The molecule has 1 amide bonds. The van der Waals surface area contributed by atoms with Crippen LogP contribution < -0.4 is 5.32 Å². The van der Waals surface area contributed by atoms with Gasteiger partial charge in [-0.15, -0.1) is 0 Å². The summed E-state index contributed by atoms with van der Waals surface area (Å²) in [6.07, 6.45) is 6.15. The van der Waals surface area contributed by atoms with Crippen LogP contribution in [-0.4, -0.2) is 49.8 Å². The number of carbonyl (C=O) groups is 1. The summed E-state index contributed by atoms with van der Waals surface area (Å²) in [7, 11) is -1.91. The van der Waals surface area contributed by atoms with Gasteiger partial charge in [-0.05, 0) is 31.4 Å². The number of hydrogen-bond donors (Lipinski definition) is 1. The van der Waals surface area contributed by atoms with Gasteiger partial charge < -0.3 is 5.32 Å². The zero-order valence-electron chi connectivity index (χ0n) is 14.8. The summed E-state index contributed by atoms with van der Waals surface area (Å²) in [5.41, 5.74) is 0. The Balaban J connectivity index is 1.61. The fourth-order valence-corrected chi connectivity index (χ4v) is 5.36. The van der Waals surface area contributed by atoms with E-state index in [9.17, 15) is 13.2 Å². The highest BCUT2D eigenvalue weighted by Gasteiger charge is 2.20. The Labute approximate surface area is 155 Å². The summed E-state index contributed by atoms with van der Waals surface area (Å²) >= 11 is 1.95. The van der Waals surface area contributed by atoms with Crippen molar-refractivity contribution in [3.63, 3.8) is 0 Å². The van der Waals surface area contributed by atoms with Crippen molar-refractivity contribution in [3.8, 4) is 0 Å². The summed E-state index contributed by atoms with van der Waals surface area (Å²) in [4.78, 5) is 12.1. The molecule has 1 fully saturated rings. The molecule has 5 nitrogen and oxygen atoms in total. The minimum atomic E-state index is -3.47. The van der Waals surface area contributed by atoms with Gasteiger partial charge in [0.15, 0.2) is 0 Å². The maximum atomic E-state index is 12.4. The third kappa shape index (κ3) is 6.64. The lowest BCUT2D eigenvalue weighted by atomic mass is 10.3. The van der Waals surface area contributed by atoms with Crippen molar-refractivity contribution in [2.45, 2.75) is 48.7 Å². The van der Waals surface area contributed by atoms with Crippen LogP contribution in [-0.2, 0) is 14.8 Å². The second-order valence-corrected chi connectivity index (χ2v) is 9.82. The number of amides is 1. The molecule has 1 aromatic carbocycles. The first kappa shape index (κ1) is 20.3. The van der Waals surface area contributed by atoms with Gasteiger partial charge in [0.05, 0.1) is 4.90 Å². The van der Waals surface area contributed by atoms with E-state index in [4.69, 9.17) is 0 Å². The molecule has 0 spiro atoms. The van der Waals surface area contributed by atoms with Crippen LogP contribution in [0, 0.1) is 0 Å². The molecule has 1 N–H and O–H groups in total. The lowest BCUT2D eigenvalue weighted by Crippen LogP contribution is -2.30. The van der Waals surface area contributed by atoms with Crippen LogP contribution in [0.1, 0.15) is 38.5 Å². The van der Waals surface area contributed by atoms with Crippen molar-refractivity contribution >= 4 is 27.7 Å². The maximum absolute atomic E-state index is 12.4. The lowest BCUT2D eigenvalue weighted by molar-refractivity contribution is -0.121. The Hall–Kier alpha value is -1.05. The highest BCUT2D eigenvalue weighted by atomic mass is 32.2. The van der Waals surface area contributed by atoms with E-state index in [0.29, 0.717) is 25.9 Å². The Kier molecular flexibility index (Phi) is 8.26. The van der Waals surface area contributed by atoms with E-state index in [1.165, 1.54) is 30.0 Å². The van der Waals surface area contributed by atoms with Gasteiger partial charge in [-0.1, -0.05) is 31.0 Å². The monoisotopic (exact) mass is 384 g/mol. The number of nitrogens with one attached hydrogen (secondary N) is 1. The molecule has 7 heteroatoms. The fourth-order valence-electron chi connectivity index (χ4n) is 2.91. The van der Waals surface area contributed by atoms with Gasteiger partial charge in [0.25, 0.3) is 0 Å². The number of thioether (sulfide) groups is 1. The van der Waals surface area contributed by atoms with Gasteiger partial charge in [0.1, 0.15) is 0 Å². The van der Waals surface area contributed by atoms with Crippen molar-refractivity contribution in [2.24, 2.45) is 0 Å². The predicted octanol–water partition coefficient (Wildman–Crippen LogP) is 2.88. The second kappa shape index (κ2) is 10.2. The molecule has 1 aromatic rings. The van der Waals surface area contributed by atoms with Gasteiger partial charge in [0.2, 0.25) is 15.9 Å². The van der Waals surface area contributed by atoms with Crippen molar-refractivity contribution in [3.05, 3.63) is 30.3 Å². The van der Waals surface area contributed by atoms with E-state index >= 15 is 0 Å². The SMILES string of the molecule is CN(CCCC(=O)NCCSC1CCCC1)S(=O)(=O)c1ccccc1. The van der Waals surface area contributed by atoms with Crippen LogP contribution in [0.2, 0.25) is 0 Å². The minimum Gasteiger partial charge on any atom is -0.355 e. The summed E-state index contributed by atoms with van der Waals surface area (Å²) in [6.45, 7) is 1.03. The van der Waals surface area contributed by atoms with Gasteiger partial charge in [-0.2, -0.15) is 11.8 Å². The molecule has 25 heavy (non-hydrogen) atoms. The first-order chi connectivity index (χ1) is 12.0. The fraction of sp³-hybridized carbons (Fsp3) is 0.611. The van der Waals surface area contributed by atoms with Crippen LogP contribution in [0.4, 0.5) is 0 Å². The molecule has 0 saturated heterocycles. The number of rotatable bonds is 10. The molecule has 0 unspecified atom stereocenters. The molecule has 0 radical (unpaired) electrons. The van der Waals surface area contributed by atoms with E-state index < -0.39 is 10.0 Å². The number of sulfonamides is 1. The van der Waals surface area contributed by atoms with Crippen LogP contribution in [0.15, 0.2) is 35.2 Å². The van der Waals surface area contributed by atoms with Gasteiger partial charge in [-0.25, -0.2) is 12.7 Å². The van der Waals surface area contributed by atoms with E-state index in [1.54, 1.807) is 37.4 Å². The number of nitrogens with zero attached hydrogens (tertiary/aromatic N) is 1. The quantitative estimate of drug-likeness (QED) is 0.630. The Bertz CT molecular complexity index is 629. The first-order valence-corrected chi connectivity index (χ1v) is 11.4. The highest BCUT2D eigenvalue weighted by molar-refractivity contribution is 7.99. The maximum Gasteiger partial charge on any atom is 0.242 e. The van der Waals surface area contributed by atoms with Crippen molar-refractivity contribution in [1.82, 2.24) is 9.62 Å². The van der Waals surface area contributed by atoms with Gasteiger partial charge >= 0.3 is 0 Å².